The molecular weight excluding hydrogens is 587 g/mol. The van der Waals surface area contributed by atoms with Gasteiger partial charge in [-0.15, -0.1) is 0 Å². The largest absolute Gasteiger partial charge is 0.437 e. The molecule has 0 aliphatic carbocycles. The molecule has 0 amide bonds. The van der Waals surface area contributed by atoms with Crippen LogP contribution in [0.4, 0.5) is 5.82 Å². The smallest absolute Gasteiger partial charge is 0.233 e. The van der Waals surface area contributed by atoms with E-state index in [0.29, 0.717) is 31.7 Å². The first-order valence-corrected chi connectivity index (χ1v) is 13.8. The Labute approximate surface area is 217 Å². The van der Waals surface area contributed by atoms with E-state index in [1.807, 2.05) is 72.0 Å². The lowest BCUT2D eigenvalue weighted by Gasteiger charge is -2.22. The first-order valence-electron chi connectivity index (χ1n) is 10.5. The normalized spacial score (nSPS) is 11.7. The topological polar surface area (TPSA) is 80.5 Å². The second kappa shape index (κ2) is 9.67. The number of rotatable bonds is 7. The molecule has 176 valence electrons. The fraction of sp³-hybridized carbons (Fsp3) is 0.200. The van der Waals surface area contributed by atoms with Crippen molar-refractivity contribution in [3.05, 3.63) is 79.9 Å². The van der Waals surface area contributed by atoms with Crippen LogP contribution in [0.3, 0.4) is 0 Å². The molecule has 2 aromatic carbocycles. The minimum atomic E-state index is -3.65. The number of ketones is 1. The van der Waals surface area contributed by atoms with E-state index in [4.69, 9.17) is 16.0 Å². The fourth-order valence-electron chi connectivity index (χ4n) is 3.77. The molecule has 4 aromatic rings. The van der Waals surface area contributed by atoms with Gasteiger partial charge in [-0.1, -0.05) is 59.6 Å². The average Bonchev–Trinajstić information content (AvgIpc) is 3.13. The monoisotopic (exact) mass is 608 g/mol. The summed E-state index contributed by atoms with van der Waals surface area (Å²) in [5.74, 6) is 0.519. The van der Waals surface area contributed by atoms with Crippen molar-refractivity contribution in [1.82, 2.24) is 4.98 Å². The zero-order valence-corrected chi connectivity index (χ0v) is 22.5. The van der Waals surface area contributed by atoms with Crippen molar-refractivity contribution < 1.29 is 17.6 Å². The second-order valence-electron chi connectivity index (χ2n) is 8.05. The number of hydrogen-bond donors (Lipinski definition) is 0. The summed E-state index contributed by atoms with van der Waals surface area (Å²) < 4.78 is 33.3. The predicted octanol–water partition coefficient (Wildman–Crippen LogP) is 6.27. The minimum Gasteiger partial charge on any atom is -0.437 e. The van der Waals surface area contributed by atoms with E-state index in [0.717, 1.165) is 22.9 Å². The van der Waals surface area contributed by atoms with Crippen LogP contribution in [0.2, 0.25) is 5.02 Å². The van der Waals surface area contributed by atoms with Crippen LogP contribution >= 0.6 is 34.2 Å². The summed E-state index contributed by atoms with van der Waals surface area (Å²) >= 11 is 8.31. The van der Waals surface area contributed by atoms with Crippen LogP contribution in [0.1, 0.15) is 28.4 Å². The maximum Gasteiger partial charge on any atom is 0.233 e. The molecule has 0 aliphatic rings. The molecule has 2 heterocycles. The number of carbonyl (C=O) groups excluding carboxylic acids is 1. The van der Waals surface area contributed by atoms with E-state index in [-0.39, 0.29) is 23.9 Å². The van der Waals surface area contributed by atoms with Gasteiger partial charge in [-0.2, -0.15) is 4.98 Å². The van der Waals surface area contributed by atoms with Crippen molar-refractivity contribution in [1.29, 1.82) is 0 Å². The molecule has 0 saturated carbocycles. The molecule has 0 saturated heterocycles. The van der Waals surface area contributed by atoms with Crippen molar-refractivity contribution in [2.24, 2.45) is 0 Å². The number of pyridine rings is 1. The lowest BCUT2D eigenvalue weighted by molar-refractivity contribution is 0.101. The van der Waals surface area contributed by atoms with Gasteiger partial charge >= 0.3 is 0 Å². The first kappa shape index (κ1) is 24.7. The van der Waals surface area contributed by atoms with Crippen LogP contribution in [0.15, 0.2) is 59.0 Å². The van der Waals surface area contributed by atoms with Gasteiger partial charge in [0, 0.05) is 17.1 Å². The van der Waals surface area contributed by atoms with Crippen LogP contribution in [-0.2, 0) is 16.4 Å². The highest BCUT2D eigenvalue weighted by Crippen LogP contribution is 2.37. The van der Waals surface area contributed by atoms with E-state index in [2.05, 4.69) is 4.98 Å². The number of aryl methyl sites for hydroxylation is 1. The van der Waals surface area contributed by atoms with Gasteiger partial charge in [0.05, 0.1) is 20.8 Å². The van der Waals surface area contributed by atoms with Crippen LogP contribution in [0.5, 0.6) is 0 Å². The molecule has 0 bridgehead atoms. The Balaban J connectivity index is 1.82. The molecule has 0 atom stereocenters. The third-order valence-corrected chi connectivity index (χ3v) is 7.78. The van der Waals surface area contributed by atoms with Crippen molar-refractivity contribution in [2.45, 2.75) is 20.3 Å². The Morgan fingerprint density at radius 2 is 1.82 bits per heavy atom. The molecule has 34 heavy (non-hydrogen) atoms. The van der Waals surface area contributed by atoms with Crippen LogP contribution in [0.25, 0.3) is 22.4 Å². The molecular formula is C25H22ClIN2O4S. The quantitative estimate of drug-likeness (QED) is 0.182. The van der Waals surface area contributed by atoms with Gasteiger partial charge < -0.3 is 4.42 Å². The molecule has 0 unspecified atom stereocenters. The number of Topliss-reactive ketones (excluding diaryl/α,β-unsaturated/α-hetero) is 1. The highest BCUT2D eigenvalue weighted by Gasteiger charge is 2.26. The number of halogens is 2. The molecule has 4 rings (SSSR count). The molecule has 0 N–H and O–H groups in total. The number of anilines is 1. The van der Waals surface area contributed by atoms with Gasteiger partial charge in [-0.05, 0) is 60.6 Å². The SMILES string of the molecule is CC(=O)c1c(-c2ccc(C)cc2)oc2nc(N(CCc3ccccc3Cl)S(C)(=O)=O)c(I)cc12. The Kier molecular flexibility index (Phi) is 7.02. The van der Waals surface area contributed by atoms with Crippen LogP contribution in [-0.4, -0.2) is 32.0 Å². The number of fused-ring (bicyclic) bond motifs is 1. The molecule has 0 radical (unpaired) electrons. The zero-order valence-electron chi connectivity index (χ0n) is 18.8. The third kappa shape index (κ3) is 4.99. The van der Waals surface area contributed by atoms with E-state index < -0.39 is 10.0 Å². The summed E-state index contributed by atoms with van der Waals surface area (Å²) in [5, 5.41) is 1.13. The van der Waals surface area contributed by atoms with Gasteiger partial charge in [-0.3, -0.25) is 9.10 Å². The highest BCUT2D eigenvalue weighted by atomic mass is 127. The van der Waals surface area contributed by atoms with Gasteiger partial charge in [0.25, 0.3) is 0 Å². The molecule has 0 fully saturated rings. The summed E-state index contributed by atoms with van der Waals surface area (Å²) in [5.41, 5.74) is 3.32. The Hall–Kier alpha value is -2.43. The minimum absolute atomic E-state index is 0.154. The number of aromatic nitrogens is 1. The molecule has 0 spiro atoms. The number of sulfonamides is 1. The molecule has 6 nitrogen and oxygen atoms in total. The van der Waals surface area contributed by atoms with Crippen molar-refractivity contribution in [3.63, 3.8) is 0 Å². The van der Waals surface area contributed by atoms with Gasteiger partial charge in [0.15, 0.2) is 11.6 Å². The van der Waals surface area contributed by atoms with Gasteiger partial charge in [-0.25, -0.2) is 8.42 Å². The Morgan fingerprint density at radius 1 is 1.15 bits per heavy atom. The van der Waals surface area contributed by atoms with E-state index in [1.165, 1.54) is 11.2 Å². The maximum atomic E-state index is 12.7. The number of furan rings is 1. The number of nitrogens with zero attached hydrogens (tertiary/aromatic N) is 2. The molecule has 2 aromatic heterocycles. The summed E-state index contributed by atoms with van der Waals surface area (Å²) in [6.45, 7) is 3.62. The van der Waals surface area contributed by atoms with E-state index >= 15 is 0 Å². The molecule has 9 heteroatoms. The first-order chi connectivity index (χ1) is 16.1. The standard InChI is InChI=1S/C25H22ClIN2O4S/c1-15-8-10-18(11-9-15)23-22(16(2)30)19-14-21(27)24(28-25(19)33-23)29(34(3,31)32)13-12-17-6-4-5-7-20(17)26/h4-11,14H,12-13H2,1-3H3. The highest BCUT2D eigenvalue weighted by molar-refractivity contribution is 14.1. The fourth-order valence-corrected chi connectivity index (χ4v) is 5.77. The lowest BCUT2D eigenvalue weighted by atomic mass is 10.0. The Bertz CT molecular complexity index is 1500. The summed E-state index contributed by atoms with van der Waals surface area (Å²) in [7, 11) is -3.65. The summed E-state index contributed by atoms with van der Waals surface area (Å²) in [6, 6.07) is 16.7. The number of benzene rings is 2. The summed E-state index contributed by atoms with van der Waals surface area (Å²) in [6.07, 6.45) is 1.55. The number of carbonyl (C=O) groups is 1. The van der Waals surface area contributed by atoms with E-state index in [9.17, 15) is 13.2 Å². The van der Waals surface area contributed by atoms with Crippen molar-refractivity contribution >= 4 is 66.9 Å². The lowest BCUT2D eigenvalue weighted by Crippen LogP contribution is -2.33. The van der Waals surface area contributed by atoms with Crippen LogP contribution < -0.4 is 4.31 Å². The van der Waals surface area contributed by atoms with E-state index in [1.54, 1.807) is 12.1 Å². The zero-order chi connectivity index (χ0) is 24.6. The number of hydrogen-bond acceptors (Lipinski definition) is 5. The van der Waals surface area contributed by atoms with Crippen LogP contribution in [0, 0.1) is 10.5 Å². The predicted molar refractivity (Wildman–Crippen MR) is 144 cm³/mol. The maximum absolute atomic E-state index is 12.7. The third-order valence-electron chi connectivity index (χ3n) is 5.46. The Morgan fingerprint density at radius 3 is 2.44 bits per heavy atom. The second-order valence-corrected chi connectivity index (χ2v) is 11.5. The van der Waals surface area contributed by atoms with Crippen molar-refractivity contribution in [2.75, 3.05) is 17.1 Å². The van der Waals surface area contributed by atoms with Crippen molar-refractivity contribution in [3.8, 4) is 11.3 Å². The van der Waals surface area contributed by atoms with Gasteiger partial charge in [0.2, 0.25) is 15.7 Å². The van der Waals surface area contributed by atoms with Gasteiger partial charge in [0.1, 0.15) is 5.76 Å². The summed E-state index contributed by atoms with van der Waals surface area (Å²) in [4.78, 5) is 17.1. The average molecular weight is 609 g/mol. The molecule has 0 aliphatic heterocycles.